The number of rotatable bonds is 3. The van der Waals surface area contributed by atoms with Gasteiger partial charge in [-0.1, -0.05) is 22.8 Å². The van der Waals surface area contributed by atoms with Crippen LogP contribution in [-0.2, 0) is 4.57 Å². The number of benzene rings is 1. The fourth-order valence-corrected chi connectivity index (χ4v) is 3.13. The molecule has 0 aliphatic carbocycles. The quantitative estimate of drug-likeness (QED) is 0.639. The lowest BCUT2D eigenvalue weighted by Crippen LogP contribution is -2.27. The van der Waals surface area contributed by atoms with Gasteiger partial charge in [0.1, 0.15) is 0 Å². The van der Waals surface area contributed by atoms with Gasteiger partial charge in [-0.2, -0.15) is 0 Å². The van der Waals surface area contributed by atoms with Gasteiger partial charge in [-0.15, -0.1) is 4.31 Å². The molecule has 0 saturated heterocycles. The van der Waals surface area contributed by atoms with Gasteiger partial charge in [-0.05, 0) is 12.1 Å². The van der Waals surface area contributed by atoms with E-state index in [1.165, 1.54) is 12.1 Å². The second kappa shape index (κ2) is 5.48. The predicted octanol–water partition coefficient (Wildman–Crippen LogP) is 2.36. The monoisotopic (exact) mass is 260 g/mol. The van der Waals surface area contributed by atoms with Crippen LogP contribution in [0.3, 0.4) is 0 Å². The molecule has 0 radical (unpaired) electrons. The van der Waals surface area contributed by atoms with Crippen molar-refractivity contribution in [1.82, 2.24) is 4.31 Å². The largest absolute Gasteiger partial charge is 0.472 e. The topological polar surface area (TPSA) is 94.9 Å². The minimum absolute atomic E-state index is 0.0195. The van der Waals surface area contributed by atoms with Gasteiger partial charge in [0, 0.05) is 0 Å². The van der Waals surface area contributed by atoms with E-state index in [1.54, 1.807) is 18.2 Å². The van der Waals surface area contributed by atoms with Crippen molar-refractivity contribution in [2.45, 2.75) is 0 Å². The molecule has 0 bridgehead atoms. The predicted molar refractivity (Wildman–Crippen MR) is 59.2 cm³/mol. The summed E-state index contributed by atoms with van der Waals surface area (Å²) < 4.78 is 11.6. The number of hydrogen-bond donors (Lipinski definition) is 2. The normalized spacial score (nSPS) is 10.6. The van der Waals surface area contributed by atoms with E-state index in [0.29, 0.717) is 5.30 Å². The van der Waals surface area contributed by atoms with E-state index in [0.717, 1.165) is 0 Å². The highest BCUT2D eigenvalue weighted by atomic mass is 32.7. The first-order valence-corrected chi connectivity index (χ1v) is 6.62. The number of nitrogens with zero attached hydrogens (tertiary/aromatic N) is 1. The smallest absolute Gasteiger partial charge is 0.464 e. The third-order valence-electron chi connectivity index (χ3n) is 1.47. The Labute approximate surface area is 95.5 Å². The van der Waals surface area contributed by atoms with Gasteiger partial charge in [0.15, 0.2) is 0 Å². The van der Waals surface area contributed by atoms with Crippen molar-refractivity contribution in [2.24, 2.45) is 0 Å². The number of carboxylic acid groups (broad SMARTS) is 2. The van der Waals surface area contributed by atoms with Crippen molar-refractivity contribution in [2.75, 3.05) is 0 Å². The fraction of sp³-hybridized carbons (Fsp3) is 0. The van der Waals surface area contributed by atoms with Crippen LogP contribution in [0.15, 0.2) is 30.3 Å². The molecule has 0 heterocycles. The molecule has 1 unspecified atom stereocenters. The average Bonchev–Trinajstić information content (AvgIpc) is 2.25. The maximum Gasteiger partial charge on any atom is 0.472 e. The SMILES string of the molecule is O=C(O)N(S[P+](=O)c1ccccc1)C(=O)O. The second-order valence-corrected chi connectivity index (χ2v) is 5.58. The van der Waals surface area contributed by atoms with E-state index >= 15 is 0 Å². The zero-order valence-electron chi connectivity index (χ0n) is 7.81. The van der Waals surface area contributed by atoms with Gasteiger partial charge in [0.2, 0.25) is 5.30 Å². The van der Waals surface area contributed by atoms with Crippen LogP contribution in [0, 0.1) is 0 Å². The van der Waals surface area contributed by atoms with Gasteiger partial charge < -0.3 is 10.2 Å². The van der Waals surface area contributed by atoms with Crippen molar-refractivity contribution in [3.05, 3.63) is 30.3 Å². The van der Waals surface area contributed by atoms with Crippen LogP contribution in [0.4, 0.5) is 9.59 Å². The Bertz CT molecular complexity index is 410. The number of imide groups is 1. The van der Waals surface area contributed by atoms with E-state index in [-0.39, 0.29) is 15.9 Å². The molecule has 0 aromatic heterocycles. The lowest BCUT2D eigenvalue weighted by atomic mass is 10.4. The summed E-state index contributed by atoms with van der Waals surface area (Å²) in [6.45, 7) is 0. The van der Waals surface area contributed by atoms with E-state index in [1.807, 2.05) is 0 Å². The Hall–Kier alpha value is -1.59. The van der Waals surface area contributed by atoms with Gasteiger partial charge in [-0.3, -0.25) is 0 Å². The molecule has 2 N–H and O–H groups in total. The molecule has 8 heteroatoms. The van der Waals surface area contributed by atoms with Crippen LogP contribution < -0.4 is 5.30 Å². The summed E-state index contributed by atoms with van der Waals surface area (Å²) in [5.41, 5.74) is 0. The van der Waals surface area contributed by atoms with Crippen molar-refractivity contribution in [3.63, 3.8) is 0 Å². The highest BCUT2D eigenvalue weighted by molar-refractivity contribution is 8.52. The molecule has 0 saturated carbocycles. The fourth-order valence-electron chi connectivity index (χ4n) is 0.823. The summed E-state index contributed by atoms with van der Waals surface area (Å²) in [6.07, 6.45) is -3.34. The highest BCUT2D eigenvalue weighted by Gasteiger charge is 2.34. The summed E-state index contributed by atoms with van der Waals surface area (Å²) in [5.74, 6) is 0. The van der Waals surface area contributed by atoms with Gasteiger partial charge in [0.05, 0.1) is 0 Å². The lowest BCUT2D eigenvalue weighted by molar-refractivity contribution is 0.152. The van der Waals surface area contributed by atoms with Crippen LogP contribution in [0.2, 0.25) is 0 Å². The zero-order valence-corrected chi connectivity index (χ0v) is 9.52. The molecule has 1 aromatic rings. The van der Waals surface area contributed by atoms with Crippen molar-refractivity contribution in [1.29, 1.82) is 0 Å². The van der Waals surface area contributed by atoms with Crippen molar-refractivity contribution >= 4 is 36.1 Å². The van der Waals surface area contributed by atoms with Crippen LogP contribution in [0.1, 0.15) is 0 Å². The Morgan fingerprint density at radius 3 is 2.06 bits per heavy atom. The van der Waals surface area contributed by atoms with Crippen LogP contribution >= 0.6 is 18.6 Å². The van der Waals surface area contributed by atoms with Crippen molar-refractivity contribution in [3.8, 4) is 0 Å². The molecule has 2 amide bonds. The Balaban J connectivity index is 2.77. The summed E-state index contributed by atoms with van der Waals surface area (Å²) in [6, 6.07) is 8.05. The van der Waals surface area contributed by atoms with Gasteiger partial charge in [0.25, 0.3) is 11.6 Å². The number of carbonyl (C=O) groups is 2. The average molecular weight is 260 g/mol. The first-order valence-electron chi connectivity index (χ1n) is 3.98. The molecule has 1 rings (SSSR count). The third-order valence-corrected chi connectivity index (χ3v) is 4.38. The zero-order chi connectivity index (χ0) is 12.1. The van der Waals surface area contributed by atoms with Crippen molar-refractivity contribution < 1.29 is 24.4 Å². The van der Waals surface area contributed by atoms with Gasteiger partial charge in [-0.25, -0.2) is 9.59 Å². The van der Waals surface area contributed by atoms with Crippen LogP contribution in [0.5, 0.6) is 0 Å². The highest BCUT2D eigenvalue weighted by Crippen LogP contribution is 2.39. The van der Waals surface area contributed by atoms with E-state index in [2.05, 4.69) is 0 Å². The molecule has 16 heavy (non-hydrogen) atoms. The summed E-state index contributed by atoms with van der Waals surface area (Å²) in [7, 11) is -2.15. The molecule has 84 valence electrons. The molecule has 0 spiro atoms. The molecular formula is C8H7NO5PS+. The Morgan fingerprint density at radius 1 is 1.12 bits per heavy atom. The maximum absolute atomic E-state index is 11.6. The Kier molecular flexibility index (Phi) is 4.28. The maximum atomic E-state index is 11.6. The van der Waals surface area contributed by atoms with E-state index in [9.17, 15) is 14.2 Å². The molecule has 1 atom stereocenters. The summed E-state index contributed by atoms with van der Waals surface area (Å²) in [4.78, 5) is 21.0. The molecule has 0 aliphatic heterocycles. The number of hydrogen-bond acceptors (Lipinski definition) is 4. The van der Waals surface area contributed by atoms with E-state index in [4.69, 9.17) is 10.2 Å². The Morgan fingerprint density at radius 2 is 1.62 bits per heavy atom. The van der Waals surface area contributed by atoms with Crippen LogP contribution in [-0.4, -0.2) is 26.7 Å². The third kappa shape index (κ3) is 3.22. The molecular weight excluding hydrogens is 253 g/mol. The van der Waals surface area contributed by atoms with E-state index < -0.39 is 19.2 Å². The molecule has 0 fully saturated rings. The summed E-state index contributed by atoms with van der Waals surface area (Å²) >= 11 is 0.257. The summed E-state index contributed by atoms with van der Waals surface area (Å²) in [5, 5.41) is 17.5. The molecule has 6 nitrogen and oxygen atoms in total. The first kappa shape index (κ1) is 12.5. The minimum Gasteiger partial charge on any atom is -0.464 e. The second-order valence-electron chi connectivity index (χ2n) is 2.53. The standard InChI is InChI=1S/C8H6NO5PS/c10-7(11)9(8(12)13)16-15(14)6-4-2-1-3-5-6/h1-5H,(H-,10,11,12,13)/p+1. The number of amides is 2. The van der Waals surface area contributed by atoms with Gasteiger partial charge >= 0.3 is 19.2 Å². The lowest BCUT2D eigenvalue weighted by Gasteiger charge is -2.02. The minimum atomic E-state index is -2.15. The molecule has 0 aliphatic rings. The molecule has 1 aromatic carbocycles. The first-order chi connectivity index (χ1) is 7.52. The van der Waals surface area contributed by atoms with Crippen LogP contribution in [0.25, 0.3) is 0 Å².